The Balaban J connectivity index is 2.19. The second kappa shape index (κ2) is 6.86. The fourth-order valence-corrected chi connectivity index (χ4v) is 3.29. The Labute approximate surface area is 160 Å². The van der Waals surface area contributed by atoms with Crippen molar-refractivity contribution in [1.29, 1.82) is 0 Å². The molecule has 0 saturated heterocycles. The van der Waals surface area contributed by atoms with E-state index in [2.05, 4.69) is 9.97 Å². The van der Waals surface area contributed by atoms with Crippen LogP contribution in [0.2, 0.25) is 0 Å². The third-order valence-electron chi connectivity index (χ3n) is 3.84. The molecule has 0 bridgehead atoms. The van der Waals surface area contributed by atoms with Gasteiger partial charge in [0.1, 0.15) is 11.4 Å². The number of ketones is 1. The Morgan fingerprint density at radius 3 is 2.65 bits per heavy atom. The SMILES string of the molecule is CCc1nc2ncc(C(F)(F)F)cn2c1C(=O)c1ccc(OC)c(I)c1. The zero-order valence-corrected chi connectivity index (χ0v) is 15.9. The molecule has 0 amide bonds. The first-order valence-electron chi connectivity index (χ1n) is 7.58. The summed E-state index contributed by atoms with van der Waals surface area (Å²) in [6, 6.07) is 4.84. The average molecular weight is 475 g/mol. The van der Waals surface area contributed by atoms with Gasteiger partial charge in [-0.3, -0.25) is 9.20 Å². The van der Waals surface area contributed by atoms with Gasteiger partial charge < -0.3 is 4.74 Å². The molecule has 0 aliphatic heterocycles. The topological polar surface area (TPSA) is 56.5 Å². The molecule has 3 aromatic rings. The summed E-state index contributed by atoms with van der Waals surface area (Å²) in [7, 11) is 1.52. The number of hydrogen-bond acceptors (Lipinski definition) is 4. The minimum atomic E-state index is -4.56. The number of alkyl halides is 3. The number of nitrogens with zero attached hydrogens (tertiary/aromatic N) is 3. The van der Waals surface area contributed by atoms with E-state index in [4.69, 9.17) is 4.74 Å². The van der Waals surface area contributed by atoms with Crippen molar-refractivity contribution in [3.05, 3.63) is 56.7 Å². The quantitative estimate of drug-likeness (QED) is 0.421. The van der Waals surface area contributed by atoms with Crippen molar-refractivity contribution in [3.63, 3.8) is 0 Å². The van der Waals surface area contributed by atoms with Crippen molar-refractivity contribution < 1.29 is 22.7 Å². The Hall–Kier alpha value is -2.17. The summed E-state index contributed by atoms with van der Waals surface area (Å²) in [5.74, 6) is 0.245. The monoisotopic (exact) mass is 475 g/mol. The summed E-state index contributed by atoms with van der Waals surface area (Å²) in [4.78, 5) is 21.0. The van der Waals surface area contributed by atoms with E-state index in [9.17, 15) is 18.0 Å². The van der Waals surface area contributed by atoms with E-state index in [0.29, 0.717) is 29.6 Å². The van der Waals surface area contributed by atoms with Gasteiger partial charge in [0, 0.05) is 18.0 Å². The summed E-state index contributed by atoms with van der Waals surface area (Å²) < 4.78 is 46.1. The molecule has 26 heavy (non-hydrogen) atoms. The molecule has 0 N–H and O–H groups in total. The largest absolute Gasteiger partial charge is 0.496 e. The summed E-state index contributed by atoms with van der Waals surface area (Å²) in [6.07, 6.45) is -2.60. The number of rotatable bonds is 4. The van der Waals surface area contributed by atoms with Crippen LogP contribution in [0.3, 0.4) is 0 Å². The molecule has 2 aromatic heterocycles. The maximum atomic E-state index is 13.0. The van der Waals surface area contributed by atoms with Crippen molar-refractivity contribution in [3.8, 4) is 5.75 Å². The minimum Gasteiger partial charge on any atom is -0.496 e. The number of carbonyl (C=O) groups is 1. The second-order valence-electron chi connectivity index (χ2n) is 5.45. The zero-order valence-electron chi connectivity index (χ0n) is 13.8. The fourth-order valence-electron chi connectivity index (χ4n) is 2.56. The normalized spacial score (nSPS) is 11.8. The predicted octanol–water partition coefficient (Wildman–Crippen LogP) is 4.15. The highest BCUT2D eigenvalue weighted by Crippen LogP contribution is 2.30. The van der Waals surface area contributed by atoms with E-state index < -0.39 is 17.5 Å². The molecular weight excluding hydrogens is 462 g/mol. The smallest absolute Gasteiger partial charge is 0.419 e. The van der Waals surface area contributed by atoms with Crippen molar-refractivity contribution in [2.75, 3.05) is 7.11 Å². The summed E-state index contributed by atoms with van der Waals surface area (Å²) >= 11 is 2.03. The third kappa shape index (κ3) is 3.27. The second-order valence-corrected chi connectivity index (χ2v) is 6.61. The van der Waals surface area contributed by atoms with Crippen LogP contribution >= 0.6 is 22.6 Å². The van der Waals surface area contributed by atoms with Crippen LogP contribution in [-0.4, -0.2) is 27.3 Å². The predicted molar refractivity (Wildman–Crippen MR) is 96.5 cm³/mol. The molecule has 0 fully saturated rings. The van der Waals surface area contributed by atoms with Crippen LogP contribution in [0, 0.1) is 3.57 Å². The Morgan fingerprint density at radius 1 is 1.35 bits per heavy atom. The third-order valence-corrected chi connectivity index (χ3v) is 4.69. The van der Waals surface area contributed by atoms with Crippen LogP contribution in [0.15, 0.2) is 30.6 Å². The molecule has 0 radical (unpaired) electrons. The Bertz CT molecular complexity index is 999. The fraction of sp³-hybridized carbons (Fsp3) is 0.235. The van der Waals surface area contributed by atoms with Gasteiger partial charge >= 0.3 is 6.18 Å². The minimum absolute atomic E-state index is 0.0569. The molecule has 2 heterocycles. The number of benzene rings is 1. The molecule has 0 aliphatic rings. The molecule has 0 spiro atoms. The lowest BCUT2D eigenvalue weighted by atomic mass is 10.1. The van der Waals surface area contributed by atoms with Gasteiger partial charge in [0.25, 0.3) is 0 Å². The van der Waals surface area contributed by atoms with E-state index in [1.54, 1.807) is 25.1 Å². The highest BCUT2D eigenvalue weighted by atomic mass is 127. The standard InChI is InChI=1S/C17H13F3IN3O2/c1-3-12-14(15(25)9-4-5-13(26-2)11(21)6-9)24-8-10(17(18,19)20)7-22-16(24)23-12/h4-8H,3H2,1-2H3. The van der Waals surface area contributed by atoms with Crippen LogP contribution in [0.1, 0.15) is 34.2 Å². The molecule has 9 heteroatoms. The van der Waals surface area contributed by atoms with Crippen molar-refractivity contribution >= 4 is 34.2 Å². The molecule has 0 aliphatic carbocycles. The van der Waals surface area contributed by atoms with Gasteiger partial charge in [0.05, 0.1) is 21.9 Å². The van der Waals surface area contributed by atoms with Crippen LogP contribution in [0.25, 0.3) is 5.78 Å². The van der Waals surface area contributed by atoms with Crippen molar-refractivity contribution in [2.24, 2.45) is 0 Å². The van der Waals surface area contributed by atoms with E-state index >= 15 is 0 Å². The number of imidazole rings is 1. The first kappa shape index (κ1) is 18.6. The number of aromatic nitrogens is 3. The van der Waals surface area contributed by atoms with Gasteiger partial charge in [-0.2, -0.15) is 13.2 Å². The highest BCUT2D eigenvalue weighted by Gasteiger charge is 2.32. The number of halogens is 4. The molecule has 0 saturated carbocycles. The molecule has 136 valence electrons. The van der Waals surface area contributed by atoms with Gasteiger partial charge in [-0.15, -0.1) is 0 Å². The zero-order chi connectivity index (χ0) is 19.1. The number of hydrogen-bond donors (Lipinski definition) is 0. The summed E-state index contributed by atoms with van der Waals surface area (Å²) in [5.41, 5.74) is -0.123. The van der Waals surface area contributed by atoms with E-state index in [-0.39, 0.29) is 11.5 Å². The summed E-state index contributed by atoms with van der Waals surface area (Å²) in [5, 5.41) is 0. The Morgan fingerprint density at radius 2 is 2.08 bits per heavy atom. The van der Waals surface area contributed by atoms with Crippen LogP contribution in [0.4, 0.5) is 13.2 Å². The molecule has 3 rings (SSSR count). The van der Waals surface area contributed by atoms with Crippen LogP contribution in [0.5, 0.6) is 5.75 Å². The van der Waals surface area contributed by atoms with Crippen molar-refractivity contribution in [1.82, 2.24) is 14.4 Å². The average Bonchev–Trinajstić information content (AvgIpc) is 2.97. The van der Waals surface area contributed by atoms with E-state index in [1.807, 2.05) is 22.6 Å². The molecule has 1 aromatic carbocycles. The highest BCUT2D eigenvalue weighted by molar-refractivity contribution is 14.1. The molecular formula is C17H13F3IN3O2. The van der Waals surface area contributed by atoms with Gasteiger partial charge in [-0.25, -0.2) is 9.97 Å². The van der Waals surface area contributed by atoms with Gasteiger partial charge in [0.15, 0.2) is 0 Å². The molecule has 0 atom stereocenters. The lowest BCUT2D eigenvalue weighted by Gasteiger charge is -2.09. The first-order chi connectivity index (χ1) is 12.3. The Kier molecular flexibility index (Phi) is 4.91. The number of carbonyl (C=O) groups excluding carboxylic acids is 1. The number of ether oxygens (including phenoxy) is 1. The van der Waals surface area contributed by atoms with Gasteiger partial charge in [-0.05, 0) is 47.2 Å². The molecule has 0 unspecified atom stereocenters. The number of aryl methyl sites for hydroxylation is 1. The lowest BCUT2D eigenvalue weighted by Crippen LogP contribution is -2.12. The van der Waals surface area contributed by atoms with Crippen molar-refractivity contribution in [2.45, 2.75) is 19.5 Å². The maximum absolute atomic E-state index is 13.0. The van der Waals surface area contributed by atoms with Gasteiger partial charge in [-0.1, -0.05) is 6.92 Å². The van der Waals surface area contributed by atoms with Crippen LogP contribution in [-0.2, 0) is 12.6 Å². The first-order valence-corrected chi connectivity index (χ1v) is 8.66. The number of fused-ring (bicyclic) bond motifs is 1. The van der Waals surface area contributed by atoms with E-state index in [0.717, 1.165) is 14.2 Å². The van der Waals surface area contributed by atoms with Gasteiger partial charge in [0.2, 0.25) is 11.6 Å². The number of methoxy groups -OCH3 is 1. The summed E-state index contributed by atoms with van der Waals surface area (Å²) in [6.45, 7) is 1.78. The molecule has 5 nitrogen and oxygen atoms in total. The lowest BCUT2D eigenvalue weighted by molar-refractivity contribution is -0.138. The maximum Gasteiger partial charge on any atom is 0.419 e. The van der Waals surface area contributed by atoms with E-state index in [1.165, 1.54) is 7.11 Å². The van der Waals surface area contributed by atoms with Crippen LogP contribution < -0.4 is 4.74 Å².